The lowest BCUT2D eigenvalue weighted by Crippen LogP contribution is -2.52. The van der Waals surface area contributed by atoms with Crippen LogP contribution < -0.4 is 15.4 Å². The zero-order chi connectivity index (χ0) is 26.4. The minimum absolute atomic E-state index is 0.105. The molecule has 2 aromatic carbocycles. The van der Waals surface area contributed by atoms with Crippen molar-refractivity contribution in [3.8, 4) is 11.8 Å². The van der Waals surface area contributed by atoms with Crippen LogP contribution in [0.25, 0.3) is 10.9 Å². The molecule has 3 atom stereocenters. The Morgan fingerprint density at radius 1 is 1.24 bits per heavy atom. The van der Waals surface area contributed by atoms with E-state index in [-0.39, 0.29) is 24.8 Å². The first-order valence-electron chi connectivity index (χ1n) is 13.0. The normalized spacial score (nSPS) is 23.0. The first kappa shape index (κ1) is 24.0. The molecule has 1 saturated heterocycles. The van der Waals surface area contributed by atoms with Gasteiger partial charge in [0.05, 0.1) is 18.6 Å². The lowest BCUT2D eigenvalue weighted by molar-refractivity contribution is -0.134. The van der Waals surface area contributed by atoms with E-state index in [4.69, 9.17) is 4.74 Å². The first-order valence-corrected chi connectivity index (χ1v) is 13.0. The number of H-pyrrole nitrogens is 1. The number of anilines is 1. The number of aromatic amines is 1. The molecular weight excluding hydrogens is 482 g/mol. The molecule has 194 valence electrons. The Morgan fingerprint density at radius 3 is 2.79 bits per heavy atom. The van der Waals surface area contributed by atoms with Crippen LogP contribution in [0.2, 0.25) is 0 Å². The van der Waals surface area contributed by atoms with Crippen molar-refractivity contribution in [3.63, 3.8) is 0 Å². The van der Waals surface area contributed by atoms with E-state index in [1.54, 1.807) is 13.2 Å². The number of para-hydroxylation sites is 1. The summed E-state index contributed by atoms with van der Waals surface area (Å²) in [6.07, 6.45) is 3.84. The number of methoxy groups -OCH3 is 1. The van der Waals surface area contributed by atoms with Gasteiger partial charge in [0.15, 0.2) is 0 Å². The summed E-state index contributed by atoms with van der Waals surface area (Å²) in [5.74, 6) is 0.0709. The number of likely N-dealkylation sites (tertiary alicyclic amines) is 1. The van der Waals surface area contributed by atoms with Gasteiger partial charge in [0.1, 0.15) is 23.5 Å². The number of nitrogens with one attached hydrogen (secondary N) is 3. The van der Waals surface area contributed by atoms with Gasteiger partial charge in [-0.15, -0.1) is 0 Å². The van der Waals surface area contributed by atoms with Crippen molar-refractivity contribution in [2.45, 2.75) is 49.6 Å². The Labute approximate surface area is 220 Å². The summed E-state index contributed by atoms with van der Waals surface area (Å²) in [7, 11) is 1.58. The minimum Gasteiger partial charge on any atom is -0.496 e. The highest BCUT2D eigenvalue weighted by molar-refractivity contribution is 6.07. The van der Waals surface area contributed by atoms with Gasteiger partial charge in [-0.3, -0.25) is 14.4 Å². The number of ether oxygens (including phenoxy) is 1. The minimum atomic E-state index is -0.967. The molecule has 1 saturated carbocycles. The predicted octanol–water partition coefficient (Wildman–Crippen LogP) is 3.48. The Bertz CT molecular complexity index is 1490. The number of carbonyl (C=O) groups excluding carboxylic acids is 3. The Balaban J connectivity index is 1.28. The number of benzene rings is 2. The van der Waals surface area contributed by atoms with Crippen molar-refractivity contribution in [1.29, 1.82) is 5.26 Å². The summed E-state index contributed by atoms with van der Waals surface area (Å²) in [4.78, 5) is 45.1. The number of fused-ring (bicyclic) bond motifs is 3. The number of hydrogen-bond donors (Lipinski definition) is 3. The summed E-state index contributed by atoms with van der Waals surface area (Å²) in [5, 5.41) is 16.6. The third kappa shape index (κ3) is 3.79. The molecule has 1 aliphatic carbocycles. The molecule has 3 aliphatic rings. The second-order valence-corrected chi connectivity index (χ2v) is 10.6. The number of rotatable bonds is 6. The highest BCUT2D eigenvalue weighted by Gasteiger charge is 2.56. The van der Waals surface area contributed by atoms with Gasteiger partial charge in [0.25, 0.3) is 5.91 Å². The quantitative estimate of drug-likeness (QED) is 0.467. The third-order valence-electron chi connectivity index (χ3n) is 8.40. The Kier molecular flexibility index (Phi) is 5.83. The molecule has 1 aromatic heterocycles. The van der Waals surface area contributed by atoms with Gasteiger partial charge < -0.3 is 25.3 Å². The number of nitrogens with zero attached hydrogens (tertiary/aromatic N) is 2. The molecule has 0 bridgehead atoms. The molecule has 3 aromatic rings. The number of amides is 3. The van der Waals surface area contributed by atoms with Crippen molar-refractivity contribution >= 4 is 34.3 Å². The zero-order valence-corrected chi connectivity index (χ0v) is 21.1. The van der Waals surface area contributed by atoms with Crippen LogP contribution in [0, 0.1) is 17.2 Å². The SMILES string of the molecule is COc1cccc2[nH]c(C(=O)NC(CC3CCC3)C(=O)N3C[C@]4(C[C@H]3C#N)C(=O)Nc3ccccc34)cc12. The summed E-state index contributed by atoms with van der Waals surface area (Å²) in [6.45, 7) is 0.105. The van der Waals surface area contributed by atoms with E-state index >= 15 is 0 Å². The van der Waals surface area contributed by atoms with Crippen LogP contribution in [0.1, 0.15) is 48.2 Å². The van der Waals surface area contributed by atoms with Crippen LogP contribution in [-0.4, -0.2) is 53.3 Å². The summed E-state index contributed by atoms with van der Waals surface area (Å²) >= 11 is 0. The van der Waals surface area contributed by atoms with Gasteiger partial charge in [-0.25, -0.2) is 0 Å². The summed E-state index contributed by atoms with van der Waals surface area (Å²) in [6, 6.07) is 15.3. The van der Waals surface area contributed by atoms with Gasteiger partial charge >= 0.3 is 0 Å². The predicted molar refractivity (Wildman–Crippen MR) is 141 cm³/mol. The number of aromatic nitrogens is 1. The van der Waals surface area contributed by atoms with Crippen LogP contribution in [0.5, 0.6) is 5.75 Å². The molecule has 6 rings (SSSR count). The molecule has 9 heteroatoms. The molecule has 2 aliphatic heterocycles. The van der Waals surface area contributed by atoms with Gasteiger partial charge in [-0.1, -0.05) is 43.5 Å². The molecule has 2 fully saturated rings. The van der Waals surface area contributed by atoms with E-state index in [0.717, 1.165) is 41.4 Å². The van der Waals surface area contributed by atoms with Crippen LogP contribution >= 0.6 is 0 Å². The van der Waals surface area contributed by atoms with Crippen molar-refractivity contribution in [1.82, 2.24) is 15.2 Å². The highest BCUT2D eigenvalue weighted by atomic mass is 16.5. The van der Waals surface area contributed by atoms with Gasteiger partial charge in [0, 0.05) is 29.6 Å². The summed E-state index contributed by atoms with van der Waals surface area (Å²) in [5.41, 5.74) is 1.65. The third-order valence-corrected chi connectivity index (χ3v) is 8.40. The van der Waals surface area contributed by atoms with Gasteiger partial charge in [0.2, 0.25) is 11.8 Å². The Morgan fingerprint density at radius 2 is 2.05 bits per heavy atom. The molecule has 0 radical (unpaired) electrons. The standard InChI is InChI=1S/C29H29N5O4/c1-38-25-11-5-10-21-19(25)13-23(31-21)26(35)32-24(12-17-6-4-7-17)27(36)34-16-29(14-18(34)15-30)20-8-2-3-9-22(20)33-28(29)37/h2-3,5,8-11,13,17-18,24,31H,4,6-7,12,14,16H2,1H3,(H,32,35)(H,33,37)/t18-,24?,29-/m0/s1. The number of nitriles is 1. The second-order valence-electron chi connectivity index (χ2n) is 10.6. The summed E-state index contributed by atoms with van der Waals surface area (Å²) < 4.78 is 5.41. The number of carbonyl (C=O) groups is 3. The van der Waals surface area contributed by atoms with E-state index in [9.17, 15) is 19.6 Å². The van der Waals surface area contributed by atoms with Crippen LogP contribution in [0.3, 0.4) is 0 Å². The Hall–Kier alpha value is -4.32. The van der Waals surface area contributed by atoms with E-state index in [2.05, 4.69) is 21.7 Å². The fourth-order valence-electron chi connectivity index (χ4n) is 6.13. The fraction of sp³-hybridized carbons (Fsp3) is 0.379. The van der Waals surface area contributed by atoms with E-state index in [0.29, 0.717) is 23.8 Å². The molecule has 9 nitrogen and oxygen atoms in total. The van der Waals surface area contributed by atoms with Crippen LogP contribution in [-0.2, 0) is 15.0 Å². The van der Waals surface area contributed by atoms with Crippen LogP contribution in [0.4, 0.5) is 5.69 Å². The van der Waals surface area contributed by atoms with E-state index in [1.165, 1.54) is 4.90 Å². The molecule has 1 unspecified atom stereocenters. The molecule has 3 N–H and O–H groups in total. The van der Waals surface area contributed by atoms with Crippen LogP contribution in [0.15, 0.2) is 48.5 Å². The number of hydrogen-bond acceptors (Lipinski definition) is 5. The lowest BCUT2D eigenvalue weighted by atomic mass is 9.79. The molecule has 38 heavy (non-hydrogen) atoms. The van der Waals surface area contributed by atoms with E-state index < -0.39 is 23.4 Å². The maximum Gasteiger partial charge on any atom is 0.268 e. The molecule has 1 spiro atoms. The van der Waals surface area contributed by atoms with Crippen molar-refractivity contribution in [2.24, 2.45) is 5.92 Å². The highest BCUT2D eigenvalue weighted by Crippen LogP contribution is 2.46. The molecule has 3 amide bonds. The second kappa shape index (κ2) is 9.21. The maximum atomic E-state index is 14.0. The largest absolute Gasteiger partial charge is 0.496 e. The van der Waals surface area contributed by atoms with Gasteiger partial charge in [-0.2, -0.15) is 5.26 Å². The van der Waals surface area contributed by atoms with E-state index in [1.807, 2.05) is 42.5 Å². The average Bonchev–Trinajstić information content (AvgIpc) is 3.59. The van der Waals surface area contributed by atoms with Crippen molar-refractivity contribution in [2.75, 3.05) is 19.0 Å². The monoisotopic (exact) mass is 511 g/mol. The lowest BCUT2D eigenvalue weighted by Gasteiger charge is -2.32. The smallest absolute Gasteiger partial charge is 0.268 e. The fourth-order valence-corrected chi connectivity index (χ4v) is 6.13. The zero-order valence-electron chi connectivity index (χ0n) is 21.1. The first-order chi connectivity index (χ1) is 18.4. The van der Waals surface area contributed by atoms with Crippen molar-refractivity contribution < 1.29 is 19.1 Å². The topological polar surface area (TPSA) is 127 Å². The van der Waals surface area contributed by atoms with Crippen molar-refractivity contribution in [3.05, 3.63) is 59.8 Å². The molecular formula is C29H29N5O4. The average molecular weight is 512 g/mol. The molecule has 3 heterocycles. The maximum absolute atomic E-state index is 14.0. The van der Waals surface area contributed by atoms with Gasteiger partial charge in [-0.05, 0) is 42.2 Å².